The van der Waals surface area contributed by atoms with Gasteiger partial charge in [-0.15, -0.1) is 0 Å². The molecule has 1 fully saturated rings. The summed E-state index contributed by atoms with van der Waals surface area (Å²) in [6, 6.07) is 8.65. The minimum Gasteiger partial charge on any atom is -0.393 e. The van der Waals surface area contributed by atoms with E-state index in [2.05, 4.69) is 29.6 Å². The van der Waals surface area contributed by atoms with Gasteiger partial charge < -0.3 is 15.5 Å². The van der Waals surface area contributed by atoms with E-state index in [1.807, 2.05) is 0 Å². The van der Waals surface area contributed by atoms with Crippen LogP contribution in [0.2, 0.25) is 0 Å². The zero-order valence-corrected chi connectivity index (χ0v) is 10.3. The Labute approximate surface area is 102 Å². The Hall–Kier alpha value is -0.900. The first-order valence-electron chi connectivity index (χ1n) is 6.23. The highest BCUT2D eigenvalue weighted by Gasteiger charge is 2.23. The van der Waals surface area contributed by atoms with E-state index < -0.39 is 5.60 Å². The van der Waals surface area contributed by atoms with Gasteiger partial charge in [-0.25, -0.2) is 0 Å². The monoisotopic (exact) mass is 235 g/mol. The van der Waals surface area contributed by atoms with Crippen LogP contribution in [0.4, 0.5) is 0 Å². The van der Waals surface area contributed by atoms with Crippen molar-refractivity contribution in [2.24, 2.45) is 0 Å². The molecule has 3 N–H and O–H groups in total. The predicted octanol–water partition coefficient (Wildman–Crippen LogP) is 1.40. The van der Waals surface area contributed by atoms with Crippen molar-refractivity contribution in [3.63, 3.8) is 0 Å². The molecule has 1 atom stereocenters. The van der Waals surface area contributed by atoms with Crippen LogP contribution in [0.15, 0.2) is 24.3 Å². The third-order valence-corrected chi connectivity index (χ3v) is 3.20. The molecule has 1 aliphatic carbocycles. The first kappa shape index (κ1) is 12.6. The molecule has 0 heterocycles. The highest BCUT2D eigenvalue weighted by Crippen LogP contribution is 2.39. The zero-order valence-electron chi connectivity index (χ0n) is 10.3. The van der Waals surface area contributed by atoms with E-state index in [9.17, 15) is 5.11 Å². The van der Waals surface area contributed by atoms with Crippen LogP contribution in [0.5, 0.6) is 0 Å². The number of aliphatic hydroxyl groups excluding tert-OH is 1. The topological polar surface area (TPSA) is 52.5 Å². The maximum atomic E-state index is 9.61. The maximum Gasteiger partial charge on any atom is 0.0972 e. The number of aliphatic hydroxyl groups is 2. The van der Waals surface area contributed by atoms with Gasteiger partial charge in [0, 0.05) is 13.1 Å². The molecule has 1 aromatic rings. The summed E-state index contributed by atoms with van der Waals surface area (Å²) in [5.74, 6) is 0.798. The van der Waals surface area contributed by atoms with Gasteiger partial charge in [-0.3, -0.25) is 0 Å². The normalized spacial score (nSPS) is 19.0. The van der Waals surface area contributed by atoms with Crippen molar-refractivity contribution < 1.29 is 10.2 Å². The first-order chi connectivity index (χ1) is 8.11. The third-order valence-electron chi connectivity index (χ3n) is 3.20. The Morgan fingerprint density at radius 2 is 1.94 bits per heavy atom. The second-order valence-electron chi connectivity index (χ2n) is 5.27. The lowest BCUT2D eigenvalue weighted by atomic mass is 10.1. The molecule has 3 heteroatoms. The van der Waals surface area contributed by atoms with E-state index in [-0.39, 0.29) is 6.61 Å². The Balaban J connectivity index is 1.78. The summed E-state index contributed by atoms with van der Waals surface area (Å²) >= 11 is 0. The predicted molar refractivity (Wildman–Crippen MR) is 67.8 cm³/mol. The fourth-order valence-electron chi connectivity index (χ4n) is 1.86. The second kappa shape index (κ2) is 5.17. The molecule has 1 saturated carbocycles. The van der Waals surface area contributed by atoms with Crippen LogP contribution >= 0.6 is 0 Å². The highest BCUT2D eigenvalue weighted by molar-refractivity contribution is 5.27. The van der Waals surface area contributed by atoms with Gasteiger partial charge in [0.2, 0.25) is 0 Å². The summed E-state index contributed by atoms with van der Waals surface area (Å²) < 4.78 is 0. The Kier molecular flexibility index (Phi) is 3.82. The van der Waals surface area contributed by atoms with Gasteiger partial charge in [0.1, 0.15) is 0 Å². The van der Waals surface area contributed by atoms with E-state index in [1.165, 1.54) is 24.0 Å². The summed E-state index contributed by atoms with van der Waals surface area (Å²) in [6.07, 6.45) is 2.66. The average molecular weight is 235 g/mol. The van der Waals surface area contributed by atoms with Crippen LogP contribution in [0.25, 0.3) is 0 Å². The summed E-state index contributed by atoms with van der Waals surface area (Å²) in [4.78, 5) is 0. The van der Waals surface area contributed by atoms with Crippen LogP contribution in [-0.2, 0) is 6.54 Å². The molecular formula is C14H21NO2. The van der Waals surface area contributed by atoms with Crippen LogP contribution < -0.4 is 5.32 Å². The van der Waals surface area contributed by atoms with Gasteiger partial charge in [0.05, 0.1) is 12.2 Å². The van der Waals surface area contributed by atoms with Crippen molar-refractivity contribution in [2.45, 2.75) is 37.8 Å². The molecule has 17 heavy (non-hydrogen) atoms. The van der Waals surface area contributed by atoms with Crippen LogP contribution in [0.3, 0.4) is 0 Å². The summed E-state index contributed by atoms with van der Waals surface area (Å²) in [6.45, 7) is 2.52. The van der Waals surface area contributed by atoms with E-state index in [0.717, 1.165) is 12.5 Å². The molecule has 0 aromatic heterocycles. The number of hydrogen-bond donors (Lipinski definition) is 3. The van der Waals surface area contributed by atoms with E-state index >= 15 is 0 Å². The Morgan fingerprint density at radius 3 is 2.47 bits per heavy atom. The van der Waals surface area contributed by atoms with Crippen LogP contribution in [0, 0.1) is 0 Å². The van der Waals surface area contributed by atoms with Gasteiger partial charge in [0.15, 0.2) is 0 Å². The minimum absolute atomic E-state index is 0.222. The molecule has 0 spiro atoms. The lowest BCUT2D eigenvalue weighted by Gasteiger charge is -2.20. The molecule has 0 bridgehead atoms. The van der Waals surface area contributed by atoms with Crippen molar-refractivity contribution in [3.05, 3.63) is 35.4 Å². The lowest BCUT2D eigenvalue weighted by Crippen LogP contribution is -2.40. The second-order valence-corrected chi connectivity index (χ2v) is 5.27. The molecule has 3 nitrogen and oxygen atoms in total. The van der Waals surface area contributed by atoms with Crippen molar-refractivity contribution >= 4 is 0 Å². The van der Waals surface area contributed by atoms with Crippen molar-refractivity contribution in [3.8, 4) is 0 Å². The molecule has 2 rings (SSSR count). The minimum atomic E-state index is -1.03. The number of hydrogen-bond acceptors (Lipinski definition) is 3. The summed E-state index contributed by atoms with van der Waals surface area (Å²) in [5.41, 5.74) is 1.62. The highest BCUT2D eigenvalue weighted by atomic mass is 16.3. The molecule has 0 saturated heterocycles. The maximum absolute atomic E-state index is 9.61. The third kappa shape index (κ3) is 3.80. The molecule has 1 aliphatic rings. The SMILES string of the molecule is CC(O)(CO)CNCc1ccc(C2CC2)cc1. The molecule has 94 valence electrons. The fraction of sp³-hybridized carbons (Fsp3) is 0.571. The van der Waals surface area contributed by atoms with Gasteiger partial charge in [-0.1, -0.05) is 24.3 Å². The number of benzene rings is 1. The van der Waals surface area contributed by atoms with E-state index in [0.29, 0.717) is 6.54 Å². The molecular weight excluding hydrogens is 214 g/mol. The fourth-order valence-corrected chi connectivity index (χ4v) is 1.86. The van der Waals surface area contributed by atoms with Crippen LogP contribution in [0.1, 0.15) is 36.8 Å². The quantitative estimate of drug-likeness (QED) is 0.698. The molecule has 1 unspecified atom stereocenters. The van der Waals surface area contributed by atoms with E-state index in [1.54, 1.807) is 6.92 Å². The van der Waals surface area contributed by atoms with Crippen molar-refractivity contribution in [1.82, 2.24) is 5.32 Å². The van der Waals surface area contributed by atoms with Gasteiger partial charge in [-0.05, 0) is 36.8 Å². The summed E-state index contributed by atoms with van der Waals surface area (Å²) in [5, 5.41) is 21.7. The largest absolute Gasteiger partial charge is 0.393 e. The van der Waals surface area contributed by atoms with Crippen molar-refractivity contribution in [1.29, 1.82) is 0 Å². The van der Waals surface area contributed by atoms with Gasteiger partial charge in [-0.2, -0.15) is 0 Å². The van der Waals surface area contributed by atoms with Crippen LogP contribution in [-0.4, -0.2) is 29.0 Å². The van der Waals surface area contributed by atoms with Crippen molar-refractivity contribution in [2.75, 3.05) is 13.2 Å². The van der Waals surface area contributed by atoms with Gasteiger partial charge >= 0.3 is 0 Å². The molecule has 1 aromatic carbocycles. The average Bonchev–Trinajstić information content (AvgIpc) is 3.14. The number of rotatable bonds is 6. The molecule has 0 radical (unpaired) electrons. The Morgan fingerprint density at radius 1 is 1.29 bits per heavy atom. The lowest BCUT2D eigenvalue weighted by molar-refractivity contribution is 0.00254. The number of nitrogens with one attached hydrogen (secondary N) is 1. The standard InChI is InChI=1S/C14H21NO2/c1-14(17,10-16)9-15-8-11-2-4-12(5-3-11)13-6-7-13/h2-5,13,15-17H,6-10H2,1H3. The first-order valence-corrected chi connectivity index (χ1v) is 6.23. The summed E-state index contributed by atoms with van der Waals surface area (Å²) in [7, 11) is 0. The smallest absolute Gasteiger partial charge is 0.0972 e. The van der Waals surface area contributed by atoms with E-state index in [4.69, 9.17) is 5.11 Å². The molecule has 0 aliphatic heterocycles. The molecule has 0 amide bonds. The zero-order chi connectivity index (χ0) is 12.3. The van der Waals surface area contributed by atoms with Gasteiger partial charge in [0.25, 0.3) is 0 Å². The Bertz CT molecular complexity index is 355.